The van der Waals surface area contributed by atoms with Crippen LogP contribution in [0.3, 0.4) is 0 Å². The molecular weight excluding hydrogens is 438 g/mol. The molecule has 32 heavy (non-hydrogen) atoms. The van der Waals surface area contributed by atoms with Gasteiger partial charge in [-0.3, -0.25) is 4.68 Å². The highest BCUT2D eigenvalue weighted by molar-refractivity contribution is 7.98. The molecule has 0 radical (unpaired) electrons. The fourth-order valence-corrected chi connectivity index (χ4v) is 5.55. The van der Waals surface area contributed by atoms with E-state index in [-0.39, 0.29) is 6.04 Å². The topological polar surface area (TPSA) is 64.0 Å². The third-order valence-electron chi connectivity index (χ3n) is 5.17. The van der Waals surface area contributed by atoms with E-state index < -0.39 is 10.0 Å². The number of benzene rings is 1. The molecule has 0 bridgehead atoms. The van der Waals surface area contributed by atoms with E-state index in [2.05, 4.69) is 17.7 Å². The Bertz CT molecular complexity index is 1130. The van der Waals surface area contributed by atoms with Crippen LogP contribution in [-0.4, -0.2) is 24.0 Å². The van der Waals surface area contributed by atoms with Crippen molar-refractivity contribution in [3.8, 4) is 0 Å². The van der Waals surface area contributed by atoms with Gasteiger partial charge in [0.05, 0.1) is 12.2 Å². The van der Waals surface area contributed by atoms with E-state index in [9.17, 15) is 8.42 Å². The zero-order chi connectivity index (χ0) is 23.0. The number of rotatable bonds is 9. The molecule has 1 aliphatic rings. The lowest BCUT2D eigenvalue weighted by atomic mass is 10.1. The van der Waals surface area contributed by atoms with E-state index in [1.54, 1.807) is 6.08 Å². The van der Waals surface area contributed by atoms with Crippen LogP contribution in [0.15, 0.2) is 71.7 Å². The van der Waals surface area contributed by atoms with Crippen LogP contribution in [0.4, 0.5) is 0 Å². The van der Waals surface area contributed by atoms with Gasteiger partial charge >= 0.3 is 0 Å². The first-order chi connectivity index (χ1) is 15.4. The Hall–Kier alpha value is -2.35. The lowest BCUT2D eigenvalue weighted by molar-refractivity contribution is 0.576. The summed E-state index contributed by atoms with van der Waals surface area (Å²) >= 11 is 1.86. The number of nitrogens with one attached hydrogen (secondary N) is 1. The van der Waals surface area contributed by atoms with Crippen LogP contribution in [0.1, 0.15) is 49.3 Å². The van der Waals surface area contributed by atoms with Gasteiger partial charge in [-0.2, -0.15) is 16.9 Å². The van der Waals surface area contributed by atoms with Crippen LogP contribution < -0.4 is 4.72 Å². The van der Waals surface area contributed by atoms with Crippen molar-refractivity contribution >= 4 is 27.9 Å². The minimum atomic E-state index is -3.60. The molecule has 0 saturated heterocycles. The maximum absolute atomic E-state index is 12.7. The highest BCUT2D eigenvalue weighted by Gasteiger charge is 2.21. The Morgan fingerprint density at radius 1 is 1.25 bits per heavy atom. The van der Waals surface area contributed by atoms with Crippen molar-refractivity contribution in [1.82, 2.24) is 14.5 Å². The molecule has 0 aliphatic carbocycles. The van der Waals surface area contributed by atoms with Crippen molar-refractivity contribution in [1.29, 1.82) is 0 Å². The van der Waals surface area contributed by atoms with Gasteiger partial charge in [0.1, 0.15) is 0 Å². The van der Waals surface area contributed by atoms with Crippen LogP contribution in [-0.2, 0) is 28.7 Å². The van der Waals surface area contributed by atoms with E-state index in [0.29, 0.717) is 6.54 Å². The molecule has 0 amide bonds. The molecule has 1 aromatic carbocycles. The zero-order valence-electron chi connectivity index (χ0n) is 18.9. The number of nitrogens with zero attached hydrogens (tertiary/aromatic N) is 2. The lowest BCUT2D eigenvalue weighted by Gasteiger charge is -2.14. The maximum Gasteiger partial charge on any atom is 0.234 e. The molecule has 1 aliphatic heterocycles. The fraction of sp³-hybridized carbons (Fsp3) is 0.320. The molecule has 3 rings (SSSR count). The van der Waals surface area contributed by atoms with E-state index in [1.165, 1.54) is 16.7 Å². The maximum atomic E-state index is 12.7. The molecule has 2 aromatic rings. The average Bonchev–Trinajstić information content (AvgIpc) is 3.13. The Morgan fingerprint density at radius 3 is 2.78 bits per heavy atom. The predicted molar refractivity (Wildman–Crippen MR) is 136 cm³/mol. The highest BCUT2D eigenvalue weighted by Crippen LogP contribution is 2.29. The normalized spacial score (nSPS) is 16.3. The molecule has 0 fully saturated rings. The molecule has 7 heteroatoms. The minimum absolute atomic E-state index is 0.309. The van der Waals surface area contributed by atoms with E-state index in [0.717, 1.165) is 34.7 Å². The molecule has 1 aromatic heterocycles. The van der Waals surface area contributed by atoms with Crippen LogP contribution in [0.2, 0.25) is 0 Å². The molecular formula is C25H31N3O2S2. The Morgan fingerprint density at radius 2 is 2.03 bits per heavy atom. The monoisotopic (exact) mass is 469 g/mol. The van der Waals surface area contributed by atoms with Crippen molar-refractivity contribution in [2.24, 2.45) is 0 Å². The largest absolute Gasteiger partial charge is 0.265 e. The van der Waals surface area contributed by atoms with Gasteiger partial charge in [0, 0.05) is 28.5 Å². The second-order valence-corrected chi connectivity index (χ2v) is 10.5. The number of thioether (sulfide) groups is 1. The number of hydrogen-bond donors (Lipinski definition) is 1. The van der Waals surface area contributed by atoms with Crippen molar-refractivity contribution in [2.45, 2.75) is 45.5 Å². The number of hydrogen-bond acceptors (Lipinski definition) is 4. The SMILES string of the molecule is C\C=C/C=C\C=C(/C)Cn1nc(/C=C/S(=O)(=O)N[C@H](C)c2ccccc2)c2c1CCSC2. The molecule has 170 valence electrons. The first kappa shape index (κ1) is 24.3. The Balaban J connectivity index is 1.78. The molecule has 2 heterocycles. The number of fused-ring (bicyclic) bond motifs is 1. The average molecular weight is 470 g/mol. The summed E-state index contributed by atoms with van der Waals surface area (Å²) in [7, 11) is -3.60. The Kier molecular flexibility index (Phi) is 8.73. The van der Waals surface area contributed by atoms with E-state index in [1.807, 2.05) is 84.9 Å². The summed E-state index contributed by atoms with van der Waals surface area (Å²) in [6, 6.07) is 9.23. The van der Waals surface area contributed by atoms with E-state index >= 15 is 0 Å². The van der Waals surface area contributed by atoms with Gasteiger partial charge in [0.2, 0.25) is 10.0 Å². The third kappa shape index (κ3) is 6.82. The molecule has 0 saturated carbocycles. The quantitative estimate of drug-likeness (QED) is 0.499. The first-order valence-electron chi connectivity index (χ1n) is 10.8. The fourth-order valence-electron chi connectivity index (χ4n) is 3.53. The van der Waals surface area contributed by atoms with Gasteiger partial charge in [-0.05, 0) is 44.6 Å². The Labute approximate surface area is 196 Å². The van der Waals surface area contributed by atoms with Gasteiger partial charge in [-0.25, -0.2) is 13.1 Å². The summed E-state index contributed by atoms with van der Waals surface area (Å²) in [4.78, 5) is 0. The molecule has 0 spiro atoms. The molecule has 1 atom stereocenters. The smallest absolute Gasteiger partial charge is 0.234 e. The number of sulfonamides is 1. The molecule has 1 N–H and O–H groups in total. The van der Waals surface area contributed by atoms with Crippen molar-refractivity contribution in [3.63, 3.8) is 0 Å². The van der Waals surface area contributed by atoms with Gasteiger partial charge in [0.25, 0.3) is 0 Å². The van der Waals surface area contributed by atoms with E-state index in [4.69, 9.17) is 5.10 Å². The number of allylic oxidation sites excluding steroid dienone is 6. The van der Waals surface area contributed by atoms with Crippen LogP contribution in [0.25, 0.3) is 6.08 Å². The van der Waals surface area contributed by atoms with Gasteiger partial charge in [-0.1, -0.05) is 66.3 Å². The van der Waals surface area contributed by atoms with Crippen molar-refractivity contribution in [3.05, 3.63) is 94.2 Å². The van der Waals surface area contributed by atoms with Gasteiger partial charge < -0.3 is 0 Å². The standard InChI is InChI=1S/C25H31N3O2S2/c1-4-5-6-8-11-20(2)18-28-25-14-16-31-19-23(25)24(26-28)15-17-32(29,30)27-21(3)22-12-9-7-10-13-22/h4-13,15,17,21,27H,14,16,18-19H2,1-3H3/b5-4-,8-6-,17-15+,20-11+/t21-/m1/s1. The second-order valence-electron chi connectivity index (χ2n) is 7.79. The molecule has 0 unspecified atom stereocenters. The van der Waals surface area contributed by atoms with Crippen molar-refractivity contribution in [2.75, 3.05) is 5.75 Å². The summed E-state index contributed by atoms with van der Waals surface area (Å²) in [5, 5.41) is 6.00. The predicted octanol–water partition coefficient (Wildman–Crippen LogP) is 5.40. The van der Waals surface area contributed by atoms with Gasteiger partial charge in [-0.15, -0.1) is 0 Å². The highest BCUT2D eigenvalue weighted by atomic mass is 32.2. The lowest BCUT2D eigenvalue weighted by Crippen LogP contribution is -2.24. The second kappa shape index (κ2) is 11.5. The molecule has 5 nitrogen and oxygen atoms in total. The van der Waals surface area contributed by atoms with Crippen LogP contribution in [0, 0.1) is 0 Å². The number of aromatic nitrogens is 2. The summed E-state index contributed by atoms with van der Waals surface area (Å²) in [6.45, 7) is 6.60. The summed E-state index contributed by atoms with van der Waals surface area (Å²) in [6.07, 6.45) is 12.7. The minimum Gasteiger partial charge on any atom is -0.265 e. The zero-order valence-corrected chi connectivity index (χ0v) is 20.5. The van der Waals surface area contributed by atoms with Crippen LogP contribution >= 0.6 is 11.8 Å². The van der Waals surface area contributed by atoms with Crippen LogP contribution in [0.5, 0.6) is 0 Å². The summed E-state index contributed by atoms with van der Waals surface area (Å²) in [5.41, 5.74) is 5.20. The summed E-state index contributed by atoms with van der Waals surface area (Å²) < 4.78 is 30.0. The van der Waals surface area contributed by atoms with Crippen molar-refractivity contribution < 1.29 is 8.42 Å². The first-order valence-corrected chi connectivity index (χ1v) is 13.5. The third-order valence-corrected chi connectivity index (χ3v) is 7.33. The van der Waals surface area contributed by atoms with Gasteiger partial charge in [0.15, 0.2) is 0 Å². The summed E-state index contributed by atoms with van der Waals surface area (Å²) in [5.74, 6) is 1.91.